The molecule has 4 nitrogen and oxygen atoms in total. The molecule has 0 aliphatic carbocycles. The molecular formula is C9H18N2O2. The van der Waals surface area contributed by atoms with Crippen LogP contribution in [0.2, 0.25) is 0 Å². The summed E-state index contributed by atoms with van der Waals surface area (Å²) in [5.41, 5.74) is 0. The zero-order valence-electron chi connectivity index (χ0n) is 8.59. The predicted octanol–water partition coefficient (Wildman–Crippen LogP) is 0.381. The van der Waals surface area contributed by atoms with Crippen LogP contribution in [-0.4, -0.2) is 36.3 Å². The highest BCUT2D eigenvalue weighted by Gasteiger charge is 2.05. The molecule has 0 aromatic heterocycles. The number of carbonyl (C=O) groups is 2. The Balaban J connectivity index is 3.69. The van der Waals surface area contributed by atoms with E-state index in [0.717, 1.165) is 13.0 Å². The molecule has 76 valence electrons. The van der Waals surface area contributed by atoms with Crippen molar-refractivity contribution in [3.63, 3.8) is 0 Å². The predicted molar refractivity (Wildman–Crippen MR) is 51.2 cm³/mol. The second kappa shape index (κ2) is 6.46. The summed E-state index contributed by atoms with van der Waals surface area (Å²) in [5, 5.41) is 2.66. The molecule has 0 aromatic rings. The van der Waals surface area contributed by atoms with Crippen LogP contribution in [-0.2, 0) is 9.59 Å². The van der Waals surface area contributed by atoms with Crippen LogP contribution in [0.25, 0.3) is 0 Å². The first kappa shape index (κ1) is 11.9. The second-order valence-electron chi connectivity index (χ2n) is 2.99. The largest absolute Gasteiger partial charge is 0.355 e. The van der Waals surface area contributed by atoms with Gasteiger partial charge in [0, 0.05) is 33.5 Å². The van der Waals surface area contributed by atoms with Crippen molar-refractivity contribution >= 4 is 11.8 Å². The summed E-state index contributed by atoms with van der Waals surface area (Å²) in [6.07, 6.45) is 0.944. The number of carbonyl (C=O) groups excluding carboxylic acids is 2. The van der Waals surface area contributed by atoms with Crippen molar-refractivity contribution in [1.29, 1.82) is 0 Å². The van der Waals surface area contributed by atoms with Gasteiger partial charge in [0.2, 0.25) is 11.8 Å². The molecule has 0 aliphatic rings. The molecule has 0 spiro atoms. The average Bonchev–Trinajstić information content (AvgIpc) is 2.02. The monoisotopic (exact) mass is 186 g/mol. The summed E-state index contributed by atoms with van der Waals surface area (Å²) in [4.78, 5) is 23.3. The Morgan fingerprint density at radius 2 is 1.85 bits per heavy atom. The third kappa shape index (κ3) is 6.13. The molecular weight excluding hydrogens is 168 g/mol. The summed E-state index contributed by atoms with van der Waals surface area (Å²) in [6.45, 7) is 6.93. The van der Waals surface area contributed by atoms with Crippen molar-refractivity contribution < 1.29 is 9.59 Å². The molecule has 0 saturated carbocycles. The highest BCUT2D eigenvalue weighted by atomic mass is 16.2. The van der Waals surface area contributed by atoms with Crippen molar-refractivity contribution in [3.05, 3.63) is 0 Å². The van der Waals surface area contributed by atoms with E-state index in [1.807, 2.05) is 6.92 Å². The van der Waals surface area contributed by atoms with E-state index in [1.54, 1.807) is 11.8 Å². The Morgan fingerprint density at radius 3 is 2.23 bits per heavy atom. The van der Waals surface area contributed by atoms with Crippen molar-refractivity contribution in [1.82, 2.24) is 10.2 Å². The number of nitrogens with one attached hydrogen (secondary N) is 1. The SMILES string of the molecule is CCCN(CCNC(C)=O)C(C)=O. The topological polar surface area (TPSA) is 49.4 Å². The van der Waals surface area contributed by atoms with Gasteiger partial charge in [-0.2, -0.15) is 0 Å². The van der Waals surface area contributed by atoms with Crippen molar-refractivity contribution in [2.75, 3.05) is 19.6 Å². The Bertz CT molecular complexity index is 180. The van der Waals surface area contributed by atoms with E-state index in [0.29, 0.717) is 13.1 Å². The lowest BCUT2D eigenvalue weighted by Gasteiger charge is -2.19. The first-order valence-electron chi connectivity index (χ1n) is 4.57. The Morgan fingerprint density at radius 1 is 1.23 bits per heavy atom. The molecule has 0 aliphatic heterocycles. The van der Waals surface area contributed by atoms with E-state index < -0.39 is 0 Å². The number of rotatable bonds is 5. The van der Waals surface area contributed by atoms with E-state index in [9.17, 15) is 9.59 Å². The molecule has 0 aromatic carbocycles. The standard InChI is InChI=1S/C9H18N2O2/c1-4-6-11(9(3)13)7-5-10-8(2)12/h4-7H2,1-3H3,(H,10,12). The minimum absolute atomic E-state index is 0.0556. The fraction of sp³-hybridized carbons (Fsp3) is 0.778. The lowest BCUT2D eigenvalue weighted by atomic mass is 10.4. The minimum atomic E-state index is -0.0556. The molecule has 4 heteroatoms. The first-order valence-corrected chi connectivity index (χ1v) is 4.57. The van der Waals surface area contributed by atoms with Crippen LogP contribution in [0.5, 0.6) is 0 Å². The Labute approximate surface area is 79.3 Å². The minimum Gasteiger partial charge on any atom is -0.355 e. The van der Waals surface area contributed by atoms with Gasteiger partial charge in [0.1, 0.15) is 0 Å². The fourth-order valence-electron chi connectivity index (χ4n) is 1.06. The quantitative estimate of drug-likeness (QED) is 0.675. The van der Waals surface area contributed by atoms with Crippen LogP contribution < -0.4 is 5.32 Å². The average molecular weight is 186 g/mol. The number of hydrogen-bond acceptors (Lipinski definition) is 2. The third-order valence-corrected chi connectivity index (χ3v) is 1.69. The lowest BCUT2D eigenvalue weighted by molar-refractivity contribution is -0.129. The van der Waals surface area contributed by atoms with Crippen LogP contribution in [0.3, 0.4) is 0 Å². The maximum atomic E-state index is 11.0. The lowest BCUT2D eigenvalue weighted by Crippen LogP contribution is -2.37. The molecule has 1 N–H and O–H groups in total. The van der Waals surface area contributed by atoms with Crippen molar-refractivity contribution in [2.45, 2.75) is 27.2 Å². The molecule has 0 unspecified atom stereocenters. The van der Waals surface area contributed by atoms with Gasteiger partial charge in [0.05, 0.1) is 0 Å². The fourth-order valence-corrected chi connectivity index (χ4v) is 1.06. The Kier molecular flexibility index (Phi) is 5.93. The summed E-state index contributed by atoms with van der Waals surface area (Å²) in [5.74, 6) is 0.00667. The van der Waals surface area contributed by atoms with Gasteiger partial charge >= 0.3 is 0 Å². The smallest absolute Gasteiger partial charge is 0.219 e. The summed E-state index contributed by atoms with van der Waals surface area (Å²) >= 11 is 0. The van der Waals surface area contributed by atoms with E-state index in [4.69, 9.17) is 0 Å². The van der Waals surface area contributed by atoms with Gasteiger partial charge in [-0.15, -0.1) is 0 Å². The Hall–Kier alpha value is -1.06. The zero-order valence-corrected chi connectivity index (χ0v) is 8.59. The van der Waals surface area contributed by atoms with Gasteiger partial charge in [0.15, 0.2) is 0 Å². The van der Waals surface area contributed by atoms with Crippen LogP contribution >= 0.6 is 0 Å². The van der Waals surface area contributed by atoms with Crippen LogP contribution in [0.4, 0.5) is 0 Å². The van der Waals surface area contributed by atoms with Gasteiger partial charge in [-0.05, 0) is 6.42 Å². The first-order chi connectivity index (χ1) is 6.07. The van der Waals surface area contributed by atoms with E-state index >= 15 is 0 Å². The normalized spacial score (nSPS) is 9.46. The molecule has 0 radical (unpaired) electrons. The number of hydrogen-bond donors (Lipinski definition) is 1. The van der Waals surface area contributed by atoms with Gasteiger partial charge in [0.25, 0.3) is 0 Å². The van der Waals surface area contributed by atoms with E-state index in [1.165, 1.54) is 6.92 Å². The molecule has 0 saturated heterocycles. The van der Waals surface area contributed by atoms with Gasteiger partial charge in [-0.1, -0.05) is 6.92 Å². The molecule has 0 atom stereocenters. The highest BCUT2D eigenvalue weighted by Crippen LogP contribution is 1.90. The van der Waals surface area contributed by atoms with Gasteiger partial charge < -0.3 is 10.2 Å². The van der Waals surface area contributed by atoms with Gasteiger partial charge in [-0.3, -0.25) is 9.59 Å². The number of nitrogens with zero attached hydrogens (tertiary/aromatic N) is 1. The summed E-state index contributed by atoms with van der Waals surface area (Å²) in [7, 11) is 0. The molecule has 0 rings (SSSR count). The third-order valence-electron chi connectivity index (χ3n) is 1.69. The number of amides is 2. The van der Waals surface area contributed by atoms with Crippen molar-refractivity contribution in [2.24, 2.45) is 0 Å². The van der Waals surface area contributed by atoms with Gasteiger partial charge in [-0.25, -0.2) is 0 Å². The molecule has 2 amide bonds. The zero-order chi connectivity index (χ0) is 10.3. The van der Waals surface area contributed by atoms with Crippen LogP contribution in [0.1, 0.15) is 27.2 Å². The molecule has 0 heterocycles. The molecule has 0 fully saturated rings. The van der Waals surface area contributed by atoms with Crippen LogP contribution in [0, 0.1) is 0 Å². The highest BCUT2D eigenvalue weighted by molar-refractivity contribution is 5.74. The molecule has 13 heavy (non-hydrogen) atoms. The summed E-state index contributed by atoms with van der Waals surface area (Å²) in [6, 6.07) is 0. The van der Waals surface area contributed by atoms with E-state index in [-0.39, 0.29) is 11.8 Å². The van der Waals surface area contributed by atoms with Crippen molar-refractivity contribution in [3.8, 4) is 0 Å². The second-order valence-corrected chi connectivity index (χ2v) is 2.99. The molecule has 0 bridgehead atoms. The van der Waals surface area contributed by atoms with E-state index in [2.05, 4.69) is 5.32 Å². The maximum absolute atomic E-state index is 11.0. The van der Waals surface area contributed by atoms with Crippen LogP contribution in [0.15, 0.2) is 0 Å². The maximum Gasteiger partial charge on any atom is 0.219 e. The summed E-state index contributed by atoms with van der Waals surface area (Å²) < 4.78 is 0.